The molecule has 0 radical (unpaired) electrons. The molecule has 2 heterocycles. The fourth-order valence-corrected chi connectivity index (χ4v) is 3.17. The van der Waals surface area contributed by atoms with E-state index in [0.717, 1.165) is 36.9 Å². The number of amides is 1. The van der Waals surface area contributed by atoms with Crippen molar-refractivity contribution in [3.63, 3.8) is 0 Å². The van der Waals surface area contributed by atoms with Gasteiger partial charge in [-0.2, -0.15) is 4.68 Å². The van der Waals surface area contributed by atoms with E-state index >= 15 is 0 Å². The Labute approximate surface area is 126 Å². The van der Waals surface area contributed by atoms with Gasteiger partial charge in [0.15, 0.2) is 0 Å². The van der Waals surface area contributed by atoms with E-state index in [1.807, 2.05) is 0 Å². The van der Waals surface area contributed by atoms with E-state index in [9.17, 15) is 9.59 Å². The number of fused-ring (bicyclic) bond motifs is 2. The number of anilines is 1. The van der Waals surface area contributed by atoms with Gasteiger partial charge in [-0.05, 0) is 37.8 Å². The molecule has 0 fully saturated rings. The molecule has 0 saturated heterocycles. The molecule has 2 aliphatic rings. The van der Waals surface area contributed by atoms with Crippen molar-refractivity contribution in [1.29, 1.82) is 0 Å². The fourth-order valence-electron chi connectivity index (χ4n) is 3.17. The Balaban J connectivity index is 1.89. The minimum absolute atomic E-state index is 0.257. The van der Waals surface area contributed by atoms with Gasteiger partial charge in [-0.15, -0.1) is 5.10 Å². The Morgan fingerprint density at radius 1 is 1.23 bits per heavy atom. The van der Waals surface area contributed by atoms with Gasteiger partial charge in [0, 0.05) is 16.9 Å². The zero-order valence-corrected chi connectivity index (χ0v) is 11.9. The second-order valence-electron chi connectivity index (χ2n) is 5.57. The van der Waals surface area contributed by atoms with Crippen LogP contribution >= 0.6 is 0 Å². The number of nitrogen functional groups attached to an aromatic ring is 1. The summed E-state index contributed by atoms with van der Waals surface area (Å²) in [6.45, 7) is 0. The van der Waals surface area contributed by atoms with Crippen LogP contribution in [-0.2, 0) is 17.6 Å². The van der Waals surface area contributed by atoms with Gasteiger partial charge in [0.2, 0.25) is 0 Å². The number of benzene rings is 1. The molecule has 1 aliphatic heterocycles. The molecule has 1 amide bonds. The minimum Gasteiger partial charge on any atom is -0.382 e. The van der Waals surface area contributed by atoms with Gasteiger partial charge >= 0.3 is 0 Å². The lowest BCUT2D eigenvalue weighted by Crippen LogP contribution is -2.32. The average Bonchev–Trinajstić information content (AvgIpc) is 3.06. The first-order chi connectivity index (χ1) is 10.6. The molecule has 1 aliphatic carbocycles. The van der Waals surface area contributed by atoms with E-state index in [2.05, 4.69) is 10.1 Å². The lowest BCUT2D eigenvalue weighted by Gasteiger charge is -2.13. The predicted octanol–water partition coefficient (Wildman–Crippen LogP) is -0.0271. The van der Waals surface area contributed by atoms with Crippen LogP contribution in [0.25, 0.3) is 6.08 Å². The summed E-state index contributed by atoms with van der Waals surface area (Å²) in [4.78, 5) is 28.2. The molecule has 22 heavy (non-hydrogen) atoms. The van der Waals surface area contributed by atoms with Gasteiger partial charge in [-0.25, -0.2) is 4.99 Å². The maximum absolute atomic E-state index is 12.9. The molecule has 0 saturated carbocycles. The number of carbonyl (C=O) groups is 2. The minimum atomic E-state index is -0.336. The molecule has 2 aromatic rings. The van der Waals surface area contributed by atoms with Crippen molar-refractivity contribution in [3.8, 4) is 0 Å². The molecule has 4 rings (SSSR count). The van der Waals surface area contributed by atoms with E-state index in [0.29, 0.717) is 22.0 Å². The van der Waals surface area contributed by atoms with Crippen LogP contribution in [-0.4, -0.2) is 21.6 Å². The van der Waals surface area contributed by atoms with E-state index in [1.54, 1.807) is 18.2 Å². The number of nitrogens with zero attached hydrogens (tertiary/aromatic N) is 3. The second kappa shape index (κ2) is 4.62. The molecule has 0 spiro atoms. The third kappa shape index (κ3) is 1.80. The fraction of sp³-hybridized carbons (Fsp3) is 0.250. The first-order valence-electron chi connectivity index (χ1n) is 7.29. The van der Waals surface area contributed by atoms with Crippen molar-refractivity contribution in [2.45, 2.75) is 25.7 Å². The van der Waals surface area contributed by atoms with E-state index in [-0.39, 0.29) is 11.8 Å². The van der Waals surface area contributed by atoms with Crippen LogP contribution in [0.1, 0.15) is 34.5 Å². The SMILES string of the molecule is Nc1nn(C(=O)c2cccc3c2=CC(=O)N=3)c2c1CCCC2. The van der Waals surface area contributed by atoms with E-state index in [4.69, 9.17) is 5.73 Å². The zero-order chi connectivity index (χ0) is 15.3. The zero-order valence-electron chi connectivity index (χ0n) is 11.9. The van der Waals surface area contributed by atoms with Crippen molar-refractivity contribution in [1.82, 2.24) is 9.78 Å². The molecule has 0 unspecified atom stereocenters. The highest BCUT2D eigenvalue weighted by atomic mass is 16.2. The number of carbonyl (C=O) groups excluding carboxylic acids is 2. The lowest BCUT2D eigenvalue weighted by molar-refractivity contribution is -0.112. The van der Waals surface area contributed by atoms with Gasteiger partial charge in [0.25, 0.3) is 11.8 Å². The summed E-state index contributed by atoms with van der Waals surface area (Å²) in [6.07, 6.45) is 5.15. The number of nitrogens with two attached hydrogens (primary N) is 1. The Bertz CT molecular complexity index is 940. The van der Waals surface area contributed by atoms with Crippen LogP contribution in [0.5, 0.6) is 0 Å². The van der Waals surface area contributed by atoms with Gasteiger partial charge in [0.05, 0.1) is 16.6 Å². The van der Waals surface area contributed by atoms with Gasteiger partial charge in [0.1, 0.15) is 5.82 Å². The summed E-state index contributed by atoms with van der Waals surface area (Å²) in [5, 5.41) is 5.33. The first kappa shape index (κ1) is 12.9. The van der Waals surface area contributed by atoms with Gasteiger partial charge < -0.3 is 5.73 Å². The normalized spacial score (nSPS) is 15.7. The van der Waals surface area contributed by atoms with Crippen LogP contribution in [0.4, 0.5) is 5.82 Å². The smallest absolute Gasteiger partial charge is 0.279 e. The molecule has 6 heteroatoms. The molecule has 1 aromatic heterocycles. The molecule has 110 valence electrons. The summed E-state index contributed by atoms with van der Waals surface area (Å²) in [6, 6.07) is 5.14. The van der Waals surface area contributed by atoms with Gasteiger partial charge in [-0.1, -0.05) is 6.07 Å². The largest absolute Gasteiger partial charge is 0.382 e. The molecule has 0 atom stereocenters. The molecule has 0 bridgehead atoms. The Kier molecular flexibility index (Phi) is 2.72. The molecular weight excluding hydrogens is 280 g/mol. The Morgan fingerprint density at radius 2 is 2.05 bits per heavy atom. The van der Waals surface area contributed by atoms with E-state index in [1.165, 1.54) is 10.8 Å². The third-order valence-electron chi connectivity index (χ3n) is 4.22. The van der Waals surface area contributed by atoms with E-state index < -0.39 is 0 Å². The predicted molar refractivity (Wildman–Crippen MR) is 79.7 cm³/mol. The highest BCUT2D eigenvalue weighted by Gasteiger charge is 2.24. The van der Waals surface area contributed by atoms with Crippen molar-refractivity contribution >= 4 is 23.7 Å². The van der Waals surface area contributed by atoms with Crippen molar-refractivity contribution in [2.24, 2.45) is 4.99 Å². The molecular formula is C16H14N4O2. The molecule has 1 aromatic carbocycles. The first-order valence-corrected chi connectivity index (χ1v) is 7.29. The number of hydrogen-bond donors (Lipinski definition) is 1. The van der Waals surface area contributed by atoms with Gasteiger partial charge in [-0.3, -0.25) is 9.59 Å². The highest BCUT2D eigenvalue weighted by Crippen LogP contribution is 2.26. The number of hydrogen-bond acceptors (Lipinski definition) is 4. The topological polar surface area (TPSA) is 90.3 Å². The standard InChI is InChI=1S/C16H14N4O2/c17-15-10-4-1-2-7-13(10)20(19-15)16(22)9-5-3-6-12-11(9)8-14(21)18-12/h3,5-6,8H,1-2,4,7H2,(H2,17,19). The Hall–Kier alpha value is -2.76. The summed E-state index contributed by atoms with van der Waals surface area (Å²) < 4.78 is 1.40. The van der Waals surface area contributed by atoms with Crippen LogP contribution < -0.4 is 16.3 Å². The number of aromatic nitrogens is 2. The highest BCUT2D eigenvalue weighted by molar-refractivity contribution is 6.08. The third-order valence-corrected chi connectivity index (χ3v) is 4.22. The van der Waals surface area contributed by atoms with Crippen LogP contribution in [0, 0.1) is 0 Å². The van der Waals surface area contributed by atoms with Crippen LogP contribution in [0.3, 0.4) is 0 Å². The van der Waals surface area contributed by atoms with Crippen molar-refractivity contribution < 1.29 is 9.59 Å². The van der Waals surface area contributed by atoms with Crippen LogP contribution in [0.2, 0.25) is 0 Å². The summed E-state index contributed by atoms with van der Waals surface area (Å²) in [5.74, 6) is -0.162. The summed E-state index contributed by atoms with van der Waals surface area (Å²) >= 11 is 0. The summed E-state index contributed by atoms with van der Waals surface area (Å²) in [7, 11) is 0. The Morgan fingerprint density at radius 3 is 2.91 bits per heavy atom. The maximum Gasteiger partial charge on any atom is 0.279 e. The second-order valence-corrected chi connectivity index (χ2v) is 5.57. The van der Waals surface area contributed by atoms with Crippen LogP contribution in [0.15, 0.2) is 23.2 Å². The average molecular weight is 294 g/mol. The quantitative estimate of drug-likeness (QED) is 0.800. The summed E-state index contributed by atoms with van der Waals surface area (Å²) in [5.41, 5.74) is 8.26. The lowest BCUT2D eigenvalue weighted by atomic mass is 9.97. The molecule has 2 N–H and O–H groups in total. The monoisotopic (exact) mass is 294 g/mol. The van der Waals surface area contributed by atoms with Crippen molar-refractivity contribution in [2.75, 3.05) is 5.73 Å². The number of rotatable bonds is 1. The maximum atomic E-state index is 12.9. The van der Waals surface area contributed by atoms with Crippen molar-refractivity contribution in [3.05, 3.63) is 45.6 Å². The molecule has 6 nitrogen and oxygen atoms in total.